The van der Waals surface area contributed by atoms with Crippen LogP contribution in [0.25, 0.3) is 22.2 Å². The molecule has 1 fully saturated rings. The van der Waals surface area contributed by atoms with E-state index in [1.54, 1.807) is 10.8 Å². The Balaban J connectivity index is 1.47. The summed E-state index contributed by atoms with van der Waals surface area (Å²) < 4.78 is 77.3. The molecule has 1 aliphatic heterocycles. The van der Waals surface area contributed by atoms with Gasteiger partial charge in [-0.3, -0.25) is 4.79 Å². The largest absolute Gasteiger partial charge is 0.450 e. The molecule has 0 aliphatic carbocycles. The van der Waals surface area contributed by atoms with E-state index < -0.39 is 48.9 Å². The molecule has 5 rings (SSSR count). The van der Waals surface area contributed by atoms with Crippen LogP contribution in [0.3, 0.4) is 0 Å². The number of carbonyl (C=O) groups is 2. The summed E-state index contributed by atoms with van der Waals surface area (Å²) >= 11 is 0. The van der Waals surface area contributed by atoms with Crippen molar-refractivity contribution in [3.05, 3.63) is 71.8 Å². The van der Waals surface area contributed by atoms with Crippen LogP contribution < -0.4 is 21.1 Å². The maximum absolute atomic E-state index is 15.3. The average molecular weight is 660 g/mol. The number of hydrogen-bond donors (Lipinski definition) is 3. The predicted octanol–water partition coefficient (Wildman–Crippen LogP) is 6.18. The lowest BCUT2D eigenvalue weighted by Crippen LogP contribution is -2.54. The van der Waals surface area contributed by atoms with Crippen LogP contribution in [-0.2, 0) is 16.2 Å². The van der Waals surface area contributed by atoms with Gasteiger partial charge in [-0.05, 0) is 35.9 Å². The maximum atomic E-state index is 15.3. The highest BCUT2D eigenvalue weighted by atomic mass is 28.3. The van der Waals surface area contributed by atoms with Crippen LogP contribution in [0.2, 0.25) is 25.7 Å². The minimum atomic E-state index is -1.69. The average Bonchev–Trinajstić information content (AvgIpc) is 3.34. The van der Waals surface area contributed by atoms with Crippen LogP contribution in [0.1, 0.15) is 10.4 Å². The highest BCUT2D eigenvalue weighted by Gasteiger charge is 2.39. The van der Waals surface area contributed by atoms with E-state index in [2.05, 4.69) is 35.3 Å². The number of nitrogens with two attached hydrogens (primary N) is 1. The number of hydrogen-bond acceptors (Lipinski definition) is 6. The molecule has 3 amide bonds. The molecule has 0 spiro atoms. The molecule has 3 heterocycles. The molecule has 4 N–H and O–H groups in total. The molecule has 0 saturated carbocycles. The van der Waals surface area contributed by atoms with Crippen molar-refractivity contribution in [1.82, 2.24) is 14.9 Å². The third kappa shape index (κ3) is 7.66. The maximum Gasteiger partial charge on any atom is 0.319 e. The fraction of sp³-hybridized carbons (Fsp3) is 0.323. The van der Waals surface area contributed by atoms with E-state index in [9.17, 15) is 18.4 Å². The lowest BCUT2D eigenvalue weighted by molar-refractivity contribution is -0.125. The van der Waals surface area contributed by atoms with Crippen molar-refractivity contribution < 1.29 is 41.4 Å². The molecule has 244 valence electrons. The third-order valence-electron chi connectivity index (χ3n) is 7.19. The molecule has 1 aliphatic rings. The number of anilines is 1. The summed E-state index contributed by atoms with van der Waals surface area (Å²) in [6.07, 6.45) is 3.00. The van der Waals surface area contributed by atoms with E-state index >= 15 is 8.78 Å². The number of pyridine rings is 1. The van der Waals surface area contributed by atoms with Crippen molar-refractivity contribution in [1.29, 1.82) is 0 Å². The van der Waals surface area contributed by atoms with Gasteiger partial charge in [0, 0.05) is 56.0 Å². The molecule has 1 saturated heterocycles. The van der Waals surface area contributed by atoms with E-state index in [0.717, 1.165) is 24.2 Å². The summed E-state index contributed by atoms with van der Waals surface area (Å²) in [4.78, 5) is 28.5. The van der Waals surface area contributed by atoms with Crippen molar-refractivity contribution in [2.45, 2.75) is 38.1 Å². The number of urea groups is 1. The number of alkyl halides is 1. The molecular formula is C31H33F4N5O5Si. The van der Waals surface area contributed by atoms with Gasteiger partial charge >= 0.3 is 6.03 Å². The van der Waals surface area contributed by atoms with Gasteiger partial charge in [0.25, 0.3) is 0 Å². The molecule has 2 aromatic carbocycles. The normalized spacial score (nSPS) is 14.2. The second-order valence-electron chi connectivity index (χ2n) is 12.3. The molecule has 15 heteroatoms. The number of aromatic nitrogens is 2. The van der Waals surface area contributed by atoms with Gasteiger partial charge in [-0.15, -0.1) is 0 Å². The summed E-state index contributed by atoms with van der Waals surface area (Å²) in [7, 11) is -1.38. The van der Waals surface area contributed by atoms with Gasteiger partial charge in [0.05, 0.1) is 25.1 Å². The van der Waals surface area contributed by atoms with Gasteiger partial charge in [-0.2, -0.15) is 0 Å². The third-order valence-corrected chi connectivity index (χ3v) is 8.90. The molecule has 4 aromatic rings. The van der Waals surface area contributed by atoms with Crippen LogP contribution in [0, 0.1) is 17.5 Å². The summed E-state index contributed by atoms with van der Waals surface area (Å²) in [6, 6.07) is 6.69. The van der Waals surface area contributed by atoms with Crippen molar-refractivity contribution >= 4 is 36.7 Å². The Hall–Kier alpha value is -4.47. The van der Waals surface area contributed by atoms with Crippen molar-refractivity contribution in [2.75, 3.05) is 31.7 Å². The topological polar surface area (TPSA) is 130 Å². The number of halogens is 4. The van der Waals surface area contributed by atoms with E-state index in [4.69, 9.17) is 19.9 Å². The highest BCUT2D eigenvalue weighted by molar-refractivity contribution is 6.76. The number of rotatable bonds is 12. The minimum absolute atomic E-state index is 0.0297. The van der Waals surface area contributed by atoms with E-state index in [0.29, 0.717) is 17.8 Å². The minimum Gasteiger partial charge on any atom is -0.450 e. The SMILES string of the molecule is C[Si](C)(C)CCOCn1cc(-c2cc(F)cc(C(N)=O)c2)c2c(Oc3c(F)cc(NC(=O)NCC4(F)COC4)cc3F)ccnc21. The summed E-state index contributed by atoms with van der Waals surface area (Å²) in [5.74, 6) is -4.68. The van der Waals surface area contributed by atoms with E-state index in [-0.39, 0.29) is 54.4 Å². The Kier molecular flexibility index (Phi) is 9.37. The van der Waals surface area contributed by atoms with Gasteiger partial charge < -0.3 is 35.1 Å². The summed E-state index contributed by atoms with van der Waals surface area (Å²) in [5, 5.41) is 4.82. The number of benzene rings is 2. The number of amides is 3. The molecule has 46 heavy (non-hydrogen) atoms. The van der Waals surface area contributed by atoms with Gasteiger partial charge in [-0.25, -0.2) is 27.3 Å². The van der Waals surface area contributed by atoms with Gasteiger partial charge in [0.1, 0.15) is 23.9 Å². The molecule has 0 radical (unpaired) electrons. The van der Waals surface area contributed by atoms with Crippen molar-refractivity contribution in [3.63, 3.8) is 0 Å². The fourth-order valence-electron chi connectivity index (χ4n) is 4.70. The summed E-state index contributed by atoms with van der Waals surface area (Å²) in [6.45, 7) is 6.55. The Labute approximate surface area is 262 Å². The van der Waals surface area contributed by atoms with Crippen LogP contribution in [-0.4, -0.2) is 61.6 Å². The first kappa shape index (κ1) is 32.9. The van der Waals surface area contributed by atoms with Crippen molar-refractivity contribution in [3.8, 4) is 22.6 Å². The number of fused-ring (bicyclic) bond motifs is 1. The zero-order valence-corrected chi connectivity index (χ0v) is 26.4. The second-order valence-corrected chi connectivity index (χ2v) is 17.9. The number of primary amides is 1. The van der Waals surface area contributed by atoms with Crippen LogP contribution in [0.15, 0.2) is 48.8 Å². The summed E-state index contributed by atoms with van der Waals surface area (Å²) in [5.41, 5.74) is 4.30. The molecule has 0 unspecified atom stereocenters. The molecule has 10 nitrogen and oxygen atoms in total. The first-order valence-corrected chi connectivity index (χ1v) is 18.1. The van der Waals surface area contributed by atoms with Crippen LogP contribution in [0.4, 0.5) is 28.0 Å². The first-order chi connectivity index (χ1) is 21.7. The zero-order valence-electron chi connectivity index (χ0n) is 25.4. The second kappa shape index (κ2) is 13.1. The number of ether oxygens (including phenoxy) is 3. The quantitative estimate of drug-likeness (QED) is 0.0946. The number of nitrogens with one attached hydrogen (secondary N) is 2. The van der Waals surface area contributed by atoms with Crippen molar-refractivity contribution in [2.24, 2.45) is 5.73 Å². The number of nitrogens with zero attached hydrogens (tertiary/aromatic N) is 2. The Morgan fingerprint density at radius 3 is 2.46 bits per heavy atom. The Morgan fingerprint density at radius 2 is 1.83 bits per heavy atom. The molecule has 0 atom stereocenters. The van der Waals surface area contributed by atoms with E-state index in [1.165, 1.54) is 24.4 Å². The van der Waals surface area contributed by atoms with Gasteiger partial charge in [0.15, 0.2) is 23.1 Å². The van der Waals surface area contributed by atoms with E-state index in [1.807, 2.05) is 0 Å². The standard InChI is InChI=1S/C31H33F4N5O5Si/c1-46(2,3)7-6-43-17-40-13-22(18-8-19(28(36)41)10-20(32)9-18)26-25(4-5-37-29(26)40)45-27-23(33)11-21(12-24(27)34)39-30(42)38-14-31(35)15-44-16-31/h4-5,8-13H,6-7,14-17H2,1-3H3,(H2,36,41)(H2,38,39,42). The Bertz CT molecular complexity index is 1770. The first-order valence-electron chi connectivity index (χ1n) is 14.4. The highest BCUT2D eigenvalue weighted by Crippen LogP contribution is 2.40. The lowest BCUT2D eigenvalue weighted by atomic mass is 10.0. The van der Waals surface area contributed by atoms with Crippen LogP contribution in [0.5, 0.6) is 11.5 Å². The van der Waals surface area contributed by atoms with Gasteiger partial charge in [0.2, 0.25) is 5.91 Å². The molecule has 2 aromatic heterocycles. The fourth-order valence-corrected chi connectivity index (χ4v) is 5.45. The molecule has 0 bridgehead atoms. The lowest BCUT2D eigenvalue weighted by Gasteiger charge is -2.33. The van der Waals surface area contributed by atoms with Crippen LogP contribution >= 0.6 is 0 Å². The predicted molar refractivity (Wildman–Crippen MR) is 166 cm³/mol. The zero-order chi connectivity index (χ0) is 33.2. The van der Waals surface area contributed by atoms with Gasteiger partial charge in [-0.1, -0.05) is 19.6 Å². The Morgan fingerprint density at radius 1 is 1.11 bits per heavy atom. The smallest absolute Gasteiger partial charge is 0.319 e. The monoisotopic (exact) mass is 659 g/mol. The number of carbonyl (C=O) groups excluding carboxylic acids is 2. The molecular weight excluding hydrogens is 626 g/mol.